The van der Waals surface area contributed by atoms with Gasteiger partial charge in [0.05, 0.1) is 17.2 Å². The topological polar surface area (TPSA) is 58.6 Å². The van der Waals surface area contributed by atoms with Crippen LogP contribution in [0.5, 0.6) is 5.88 Å². The zero-order valence-electron chi connectivity index (χ0n) is 15.0. The monoisotopic (exact) mass is 414 g/mol. The minimum Gasteiger partial charge on any atom is -0.477 e. The Morgan fingerprint density at radius 3 is 2.57 bits per heavy atom. The van der Waals surface area contributed by atoms with Crippen molar-refractivity contribution in [1.29, 1.82) is 0 Å². The summed E-state index contributed by atoms with van der Waals surface area (Å²) in [6.45, 7) is 3.74. The molecular weight excluding hydrogens is 397 g/mol. The molecule has 2 aromatic rings. The van der Waals surface area contributed by atoms with Crippen molar-refractivity contribution in [2.24, 2.45) is 0 Å². The molecule has 0 aliphatic carbocycles. The van der Waals surface area contributed by atoms with Gasteiger partial charge in [0.1, 0.15) is 11.4 Å². The fourth-order valence-electron chi connectivity index (χ4n) is 2.92. The summed E-state index contributed by atoms with van der Waals surface area (Å²) in [6.07, 6.45) is -2.18. The van der Waals surface area contributed by atoms with Crippen molar-refractivity contribution in [3.05, 3.63) is 46.7 Å². The van der Waals surface area contributed by atoms with Crippen LogP contribution >= 0.6 is 11.6 Å². The van der Waals surface area contributed by atoms with Crippen molar-refractivity contribution >= 4 is 23.3 Å². The normalized spacial score (nSPS) is 14.9. The first-order valence-corrected chi connectivity index (χ1v) is 9.04. The molecule has 0 radical (unpaired) electrons. The second-order valence-corrected chi connectivity index (χ2v) is 6.50. The average Bonchev–Trinajstić information content (AvgIpc) is 2.67. The molecule has 0 atom stereocenters. The van der Waals surface area contributed by atoms with Crippen LogP contribution in [-0.2, 0) is 6.18 Å². The predicted molar refractivity (Wildman–Crippen MR) is 97.8 cm³/mol. The Hall–Kier alpha value is -2.55. The van der Waals surface area contributed by atoms with Gasteiger partial charge in [-0.05, 0) is 25.1 Å². The van der Waals surface area contributed by atoms with Crippen LogP contribution in [0.4, 0.5) is 19.0 Å². The fourth-order valence-corrected chi connectivity index (χ4v) is 3.20. The highest BCUT2D eigenvalue weighted by Crippen LogP contribution is 2.33. The van der Waals surface area contributed by atoms with Crippen LogP contribution in [-0.4, -0.2) is 53.6 Å². The molecule has 2 aromatic heterocycles. The van der Waals surface area contributed by atoms with Gasteiger partial charge in [0, 0.05) is 38.6 Å². The second-order valence-electron chi connectivity index (χ2n) is 6.10. The van der Waals surface area contributed by atoms with E-state index in [9.17, 15) is 18.0 Å². The lowest BCUT2D eigenvalue weighted by atomic mass is 10.2. The van der Waals surface area contributed by atoms with Crippen molar-refractivity contribution in [3.63, 3.8) is 0 Å². The van der Waals surface area contributed by atoms with E-state index in [1.165, 1.54) is 0 Å². The highest BCUT2D eigenvalue weighted by molar-refractivity contribution is 6.33. The van der Waals surface area contributed by atoms with Gasteiger partial charge in [-0.2, -0.15) is 13.2 Å². The molecule has 1 aliphatic heterocycles. The Morgan fingerprint density at radius 2 is 1.96 bits per heavy atom. The number of carbonyl (C=O) groups excluding carboxylic acids is 1. The fraction of sp³-hybridized carbons (Fsp3) is 0.389. The molecule has 0 bridgehead atoms. The zero-order chi connectivity index (χ0) is 20.3. The van der Waals surface area contributed by atoms with Crippen LogP contribution < -0.4 is 9.64 Å². The van der Waals surface area contributed by atoms with Crippen LogP contribution in [0.2, 0.25) is 5.02 Å². The molecule has 28 heavy (non-hydrogen) atoms. The van der Waals surface area contributed by atoms with E-state index in [1.807, 2.05) is 6.92 Å². The van der Waals surface area contributed by atoms with E-state index in [4.69, 9.17) is 16.3 Å². The van der Waals surface area contributed by atoms with E-state index in [1.54, 1.807) is 28.1 Å². The molecular formula is C18H18ClF3N4O2. The van der Waals surface area contributed by atoms with Crippen molar-refractivity contribution in [1.82, 2.24) is 14.9 Å². The third-order valence-electron chi connectivity index (χ3n) is 4.30. The van der Waals surface area contributed by atoms with Gasteiger partial charge in [0.2, 0.25) is 5.88 Å². The third kappa shape index (κ3) is 4.30. The number of nitrogens with zero attached hydrogens (tertiary/aromatic N) is 4. The largest absolute Gasteiger partial charge is 0.477 e. The van der Waals surface area contributed by atoms with Gasteiger partial charge in [-0.25, -0.2) is 9.97 Å². The minimum atomic E-state index is -4.50. The second kappa shape index (κ2) is 8.22. The van der Waals surface area contributed by atoms with E-state index in [-0.39, 0.29) is 22.6 Å². The van der Waals surface area contributed by atoms with Crippen LogP contribution in [0.3, 0.4) is 0 Å². The van der Waals surface area contributed by atoms with Gasteiger partial charge >= 0.3 is 6.18 Å². The van der Waals surface area contributed by atoms with Crippen molar-refractivity contribution in [2.45, 2.75) is 13.1 Å². The average molecular weight is 415 g/mol. The van der Waals surface area contributed by atoms with Gasteiger partial charge in [0.15, 0.2) is 0 Å². The number of piperazine rings is 1. The molecule has 1 saturated heterocycles. The highest BCUT2D eigenvalue weighted by Gasteiger charge is 2.32. The maximum absolute atomic E-state index is 12.8. The summed E-state index contributed by atoms with van der Waals surface area (Å²) in [4.78, 5) is 24.2. The number of pyridine rings is 2. The molecule has 0 aromatic carbocycles. The van der Waals surface area contributed by atoms with Gasteiger partial charge in [-0.3, -0.25) is 4.79 Å². The van der Waals surface area contributed by atoms with Crippen molar-refractivity contribution < 1.29 is 22.7 Å². The first-order valence-electron chi connectivity index (χ1n) is 8.66. The number of anilines is 1. The number of halogens is 4. The van der Waals surface area contributed by atoms with Gasteiger partial charge in [-0.1, -0.05) is 11.6 Å². The molecule has 3 rings (SSSR count). The summed E-state index contributed by atoms with van der Waals surface area (Å²) in [5.41, 5.74) is -0.515. The van der Waals surface area contributed by atoms with E-state index in [0.29, 0.717) is 38.3 Å². The number of ether oxygens (including phenoxy) is 1. The van der Waals surface area contributed by atoms with Gasteiger partial charge in [-0.15, -0.1) is 0 Å². The Kier molecular flexibility index (Phi) is 5.93. The quantitative estimate of drug-likeness (QED) is 0.766. The number of aromatic nitrogens is 2. The summed E-state index contributed by atoms with van der Waals surface area (Å²) in [6, 6.07) is 4.18. The number of alkyl halides is 3. The highest BCUT2D eigenvalue weighted by atomic mass is 35.5. The molecule has 6 nitrogen and oxygen atoms in total. The van der Waals surface area contributed by atoms with Crippen molar-refractivity contribution in [3.8, 4) is 5.88 Å². The van der Waals surface area contributed by atoms with E-state index in [0.717, 1.165) is 12.3 Å². The first kappa shape index (κ1) is 20.2. The molecule has 10 heteroatoms. The van der Waals surface area contributed by atoms with Crippen LogP contribution in [0.25, 0.3) is 0 Å². The number of rotatable bonds is 4. The van der Waals surface area contributed by atoms with Crippen LogP contribution in [0.15, 0.2) is 30.6 Å². The summed E-state index contributed by atoms with van der Waals surface area (Å²) in [7, 11) is 0. The van der Waals surface area contributed by atoms with E-state index >= 15 is 0 Å². The Bertz CT molecular complexity index is 855. The summed E-state index contributed by atoms with van der Waals surface area (Å²) < 4.78 is 43.7. The minimum absolute atomic E-state index is 0.0690. The summed E-state index contributed by atoms with van der Waals surface area (Å²) >= 11 is 6.01. The lowest BCUT2D eigenvalue weighted by Crippen LogP contribution is -2.49. The van der Waals surface area contributed by atoms with Gasteiger partial charge in [0.25, 0.3) is 5.91 Å². The number of amides is 1. The Morgan fingerprint density at radius 1 is 1.25 bits per heavy atom. The third-order valence-corrected chi connectivity index (χ3v) is 4.58. The van der Waals surface area contributed by atoms with Crippen LogP contribution in [0.1, 0.15) is 22.8 Å². The standard InChI is InChI=1S/C18H18ClF3N4O2/c1-2-28-16-13(4-3-5-23-16)17(27)26-8-6-25(7-9-26)15-14(19)10-12(11-24-15)18(20,21)22/h3-5,10-11H,2,6-9H2,1H3. The maximum Gasteiger partial charge on any atom is 0.417 e. The smallest absolute Gasteiger partial charge is 0.417 e. The SMILES string of the molecule is CCOc1ncccc1C(=O)N1CCN(c2ncc(C(F)(F)F)cc2Cl)CC1. The van der Waals surface area contributed by atoms with Crippen molar-refractivity contribution in [2.75, 3.05) is 37.7 Å². The van der Waals surface area contributed by atoms with E-state index < -0.39 is 11.7 Å². The molecule has 3 heterocycles. The van der Waals surface area contributed by atoms with Crippen LogP contribution in [0, 0.1) is 0 Å². The Balaban J connectivity index is 1.69. The van der Waals surface area contributed by atoms with Gasteiger partial charge < -0.3 is 14.5 Å². The lowest BCUT2D eigenvalue weighted by molar-refractivity contribution is -0.137. The molecule has 0 saturated carbocycles. The number of carbonyl (C=O) groups is 1. The molecule has 1 aliphatic rings. The molecule has 1 fully saturated rings. The number of hydrogen-bond donors (Lipinski definition) is 0. The molecule has 1 amide bonds. The summed E-state index contributed by atoms with van der Waals surface area (Å²) in [5, 5.41) is -0.0690. The summed E-state index contributed by atoms with van der Waals surface area (Å²) in [5.74, 6) is 0.353. The lowest BCUT2D eigenvalue weighted by Gasteiger charge is -2.36. The zero-order valence-corrected chi connectivity index (χ0v) is 15.8. The molecule has 0 spiro atoms. The molecule has 0 unspecified atom stereocenters. The molecule has 0 N–H and O–H groups in total. The molecule has 150 valence electrons. The van der Waals surface area contributed by atoms with E-state index in [2.05, 4.69) is 9.97 Å². The maximum atomic E-state index is 12.8. The predicted octanol–water partition coefficient (Wildman–Crippen LogP) is 3.51. The number of hydrogen-bond acceptors (Lipinski definition) is 5. The first-order chi connectivity index (χ1) is 13.3. The Labute approximate surface area is 164 Å².